The van der Waals surface area contributed by atoms with E-state index in [-0.39, 0.29) is 0 Å². The first-order valence-corrected chi connectivity index (χ1v) is 7.37. The fraction of sp³-hybridized carbons (Fsp3) is 0.429. The topological polar surface area (TPSA) is 47.0 Å². The van der Waals surface area contributed by atoms with Gasteiger partial charge in [-0.2, -0.15) is 16.3 Å². The minimum Gasteiger partial charge on any atom is -0.478 e. The molecular weight excluding hydrogens is 258 g/mol. The van der Waals surface area contributed by atoms with E-state index < -0.39 is 0 Å². The van der Waals surface area contributed by atoms with E-state index in [9.17, 15) is 0 Å². The summed E-state index contributed by atoms with van der Waals surface area (Å²) in [6.07, 6.45) is 0.983. The second kappa shape index (κ2) is 6.52. The zero-order chi connectivity index (χ0) is 13.7. The van der Waals surface area contributed by atoms with Crippen LogP contribution in [0.15, 0.2) is 22.9 Å². The number of hydrogen-bond donors (Lipinski definition) is 1. The van der Waals surface area contributed by atoms with Crippen molar-refractivity contribution in [3.63, 3.8) is 0 Å². The van der Waals surface area contributed by atoms with Crippen LogP contribution in [0.1, 0.15) is 25.2 Å². The highest BCUT2D eigenvalue weighted by atomic mass is 32.1. The minimum atomic E-state index is 0.318. The van der Waals surface area contributed by atoms with Crippen LogP contribution >= 0.6 is 11.3 Å². The Kier molecular flexibility index (Phi) is 4.74. The van der Waals surface area contributed by atoms with Gasteiger partial charge in [0, 0.05) is 12.1 Å². The molecule has 0 saturated heterocycles. The van der Waals surface area contributed by atoms with Crippen molar-refractivity contribution < 1.29 is 4.74 Å². The summed E-state index contributed by atoms with van der Waals surface area (Å²) < 4.78 is 5.43. The van der Waals surface area contributed by atoms with Crippen molar-refractivity contribution in [2.75, 3.05) is 11.9 Å². The summed E-state index contributed by atoms with van der Waals surface area (Å²) in [6, 6.07) is 4.32. The van der Waals surface area contributed by atoms with Gasteiger partial charge in [0.1, 0.15) is 11.6 Å². The lowest BCUT2D eigenvalue weighted by molar-refractivity contribution is 0.325. The summed E-state index contributed by atoms with van der Waals surface area (Å²) in [6.45, 7) is 6.58. The molecule has 0 amide bonds. The van der Waals surface area contributed by atoms with E-state index in [1.807, 2.05) is 19.9 Å². The smallest absolute Gasteiger partial charge is 0.218 e. The van der Waals surface area contributed by atoms with E-state index in [1.54, 1.807) is 11.3 Å². The summed E-state index contributed by atoms with van der Waals surface area (Å²) >= 11 is 1.73. The molecule has 4 nitrogen and oxygen atoms in total. The molecule has 0 aliphatic rings. The highest BCUT2D eigenvalue weighted by molar-refractivity contribution is 7.07. The Balaban J connectivity index is 2.01. The van der Waals surface area contributed by atoms with Crippen molar-refractivity contribution in [3.05, 3.63) is 34.3 Å². The molecule has 0 radical (unpaired) electrons. The summed E-state index contributed by atoms with van der Waals surface area (Å²) in [5.41, 5.74) is 1.35. The van der Waals surface area contributed by atoms with Crippen molar-refractivity contribution in [2.45, 2.75) is 33.2 Å². The number of nitrogens with one attached hydrogen (secondary N) is 1. The van der Waals surface area contributed by atoms with Crippen LogP contribution in [0, 0.1) is 6.92 Å². The fourth-order valence-electron chi connectivity index (χ4n) is 1.90. The lowest BCUT2D eigenvalue weighted by Crippen LogP contribution is -2.19. The van der Waals surface area contributed by atoms with Crippen molar-refractivity contribution in [1.29, 1.82) is 0 Å². The second-order valence-electron chi connectivity index (χ2n) is 4.45. The Morgan fingerprint density at radius 3 is 2.95 bits per heavy atom. The molecule has 2 heterocycles. The maximum absolute atomic E-state index is 5.43. The number of hydrogen-bond acceptors (Lipinski definition) is 5. The zero-order valence-corrected chi connectivity index (χ0v) is 12.3. The molecule has 1 N–H and O–H groups in total. The third kappa shape index (κ3) is 4.21. The SMILES string of the molecule is CCOc1cc(NC(C)Cc2ccsc2)nc(C)n1. The van der Waals surface area contributed by atoms with Crippen molar-refractivity contribution in [2.24, 2.45) is 0 Å². The van der Waals surface area contributed by atoms with Crippen LogP contribution in [-0.4, -0.2) is 22.6 Å². The number of nitrogens with zero attached hydrogens (tertiary/aromatic N) is 2. The van der Waals surface area contributed by atoms with E-state index in [0.29, 0.717) is 18.5 Å². The number of anilines is 1. The minimum absolute atomic E-state index is 0.318. The molecule has 2 aromatic heterocycles. The molecule has 2 rings (SSSR count). The Hall–Kier alpha value is -1.62. The highest BCUT2D eigenvalue weighted by Gasteiger charge is 2.07. The average Bonchev–Trinajstić information content (AvgIpc) is 2.81. The van der Waals surface area contributed by atoms with Gasteiger partial charge >= 0.3 is 0 Å². The van der Waals surface area contributed by atoms with Gasteiger partial charge in [-0.3, -0.25) is 0 Å². The number of ether oxygens (including phenoxy) is 1. The molecule has 0 saturated carbocycles. The first-order chi connectivity index (χ1) is 9.17. The molecule has 0 spiro atoms. The average molecular weight is 277 g/mol. The van der Waals surface area contributed by atoms with Gasteiger partial charge in [-0.05, 0) is 49.6 Å². The third-order valence-electron chi connectivity index (χ3n) is 2.62. The quantitative estimate of drug-likeness (QED) is 0.880. The molecule has 0 aromatic carbocycles. The van der Waals surface area contributed by atoms with Gasteiger partial charge in [-0.25, -0.2) is 4.98 Å². The van der Waals surface area contributed by atoms with Crippen LogP contribution in [0.4, 0.5) is 5.82 Å². The summed E-state index contributed by atoms with van der Waals surface area (Å²) in [4.78, 5) is 8.62. The molecule has 0 aliphatic carbocycles. The normalized spacial score (nSPS) is 12.2. The largest absolute Gasteiger partial charge is 0.478 e. The van der Waals surface area contributed by atoms with E-state index in [1.165, 1.54) is 5.56 Å². The van der Waals surface area contributed by atoms with Crippen molar-refractivity contribution in [3.8, 4) is 5.88 Å². The van der Waals surface area contributed by atoms with Gasteiger partial charge < -0.3 is 10.1 Å². The monoisotopic (exact) mass is 277 g/mol. The van der Waals surface area contributed by atoms with Gasteiger partial charge in [0.2, 0.25) is 5.88 Å². The fourth-order valence-corrected chi connectivity index (χ4v) is 2.58. The predicted molar refractivity (Wildman–Crippen MR) is 79.0 cm³/mol. The molecule has 1 atom stereocenters. The first-order valence-electron chi connectivity index (χ1n) is 6.43. The maximum atomic E-state index is 5.43. The highest BCUT2D eigenvalue weighted by Crippen LogP contribution is 2.16. The van der Waals surface area contributed by atoms with Crippen LogP contribution in [-0.2, 0) is 6.42 Å². The Morgan fingerprint density at radius 1 is 1.42 bits per heavy atom. The van der Waals surface area contributed by atoms with E-state index in [2.05, 4.69) is 39.0 Å². The van der Waals surface area contributed by atoms with Crippen molar-refractivity contribution in [1.82, 2.24) is 9.97 Å². The Labute approximate surface area is 117 Å². The van der Waals surface area contributed by atoms with Crippen molar-refractivity contribution >= 4 is 17.2 Å². The van der Waals surface area contributed by atoms with Gasteiger partial charge in [0.25, 0.3) is 0 Å². The van der Waals surface area contributed by atoms with Crippen LogP contribution in [0.3, 0.4) is 0 Å². The molecule has 2 aromatic rings. The summed E-state index contributed by atoms with van der Waals surface area (Å²) in [5, 5.41) is 7.67. The van der Waals surface area contributed by atoms with Crippen LogP contribution in [0.2, 0.25) is 0 Å². The maximum Gasteiger partial charge on any atom is 0.218 e. The van der Waals surface area contributed by atoms with E-state index >= 15 is 0 Å². The molecule has 102 valence electrons. The zero-order valence-electron chi connectivity index (χ0n) is 11.5. The van der Waals surface area contributed by atoms with Gasteiger partial charge in [0.15, 0.2) is 0 Å². The molecule has 0 fully saturated rings. The number of aromatic nitrogens is 2. The molecule has 0 bridgehead atoms. The van der Waals surface area contributed by atoms with Gasteiger partial charge in [0.05, 0.1) is 6.61 Å². The first kappa shape index (κ1) is 13.8. The second-order valence-corrected chi connectivity index (χ2v) is 5.23. The van der Waals surface area contributed by atoms with E-state index in [4.69, 9.17) is 4.74 Å². The summed E-state index contributed by atoms with van der Waals surface area (Å²) in [7, 11) is 0. The number of thiophene rings is 1. The molecular formula is C14H19N3OS. The van der Waals surface area contributed by atoms with Gasteiger partial charge in [-0.1, -0.05) is 0 Å². The van der Waals surface area contributed by atoms with Crippen LogP contribution < -0.4 is 10.1 Å². The molecule has 19 heavy (non-hydrogen) atoms. The number of aryl methyl sites for hydroxylation is 1. The van der Waals surface area contributed by atoms with Crippen LogP contribution in [0.25, 0.3) is 0 Å². The third-order valence-corrected chi connectivity index (χ3v) is 3.35. The molecule has 0 aliphatic heterocycles. The Morgan fingerprint density at radius 2 is 2.26 bits per heavy atom. The summed E-state index contributed by atoms with van der Waals surface area (Å²) in [5.74, 6) is 2.16. The molecule has 5 heteroatoms. The van der Waals surface area contributed by atoms with Gasteiger partial charge in [-0.15, -0.1) is 0 Å². The van der Waals surface area contributed by atoms with E-state index in [0.717, 1.165) is 18.1 Å². The lowest BCUT2D eigenvalue weighted by atomic mass is 10.1. The predicted octanol–water partition coefficient (Wildman–Crippen LogP) is 3.29. The standard InChI is InChI=1S/C14H19N3OS/c1-4-18-14-8-13(16-11(3)17-14)15-10(2)7-12-5-6-19-9-12/h5-6,8-10H,4,7H2,1-3H3,(H,15,16,17). The lowest BCUT2D eigenvalue weighted by Gasteiger charge is -2.14. The Bertz CT molecular complexity index is 513. The number of rotatable bonds is 6. The van der Waals surface area contributed by atoms with Crippen LogP contribution in [0.5, 0.6) is 5.88 Å². The molecule has 1 unspecified atom stereocenters.